The summed E-state index contributed by atoms with van der Waals surface area (Å²) in [5.41, 5.74) is 8.12. The highest BCUT2D eigenvalue weighted by Gasteiger charge is 2.16. The first-order valence-corrected chi connectivity index (χ1v) is 6.01. The third-order valence-electron chi connectivity index (χ3n) is 2.44. The minimum atomic E-state index is -0.413. The lowest BCUT2D eigenvalue weighted by Gasteiger charge is -2.15. The SMILES string of the molecule is Cc1cscc1CNC(=O)[C@H](N)C(C)C. The van der Waals surface area contributed by atoms with Crippen LogP contribution in [0, 0.1) is 12.8 Å². The predicted octanol–water partition coefficient (Wildman–Crippen LogP) is 1.66. The van der Waals surface area contributed by atoms with E-state index in [0.29, 0.717) is 6.54 Å². The summed E-state index contributed by atoms with van der Waals surface area (Å²) < 4.78 is 0. The Balaban J connectivity index is 2.44. The summed E-state index contributed by atoms with van der Waals surface area (Å²) in [6, 6.07) is -0.413. The molecule has 1 heterocycles. The van der Waals surface area contributed by atoms with Gasteiger partial charge in [-0.05, 0) is 34.7 Å². The number of aryl methyl sites for hydroxylation is 1. The van der Waals surface area contributed by atoms with Crippen molar-refractivity contribution in [2.45, 2.75) is 33.4 Å². The van der Waals surface area contributed by atoms with E-state index in [-0.39, 0.29) is 11.8 Å². The van der Waals surface area contributed by atoms with Crippen LogP contribution in [0.15, 0.2) is 10.8 Å². The van der Waals surface area contributed by atoms with E-state index in [0.717, 1.165) is 0 Å². The van der Waals surface area contributed by atoms with Crippen molar-refractivity contribution in [3.05, 3.63) is 21.9 Å². The van der Waals surface area contributed by atoms with Gasteiger partial charge in [-0.3, -0.25) is 4.79 Å². The molecule has 0 aliphatic carbocycles. The average Bonchev–Trinajstić information content (AvgIpc) is 2.59. The molecule has 1 atom stereocenters. The van der Waals surface area contributed by atoms with Crippen LogP contribution >= 0.6 is 11.3 Å². The Kier molecular flexibility index (Phi) is 4.29. The first-order valence-electron chi connectivity index (χ1n) is 5.07. The van der Waals surface area contributed by atoms with Gasteiger partial charge in [0.25, 0.3) is 0 Å². The number of carbonyl (C=O) groups is 1. The van der Waals surface area contributed by atoms with Crippen LogP contribution < -0.4 is 11.1 Å². The molecule has 1 amide bonds. The topological polar surface area (TPSA) is 55.1 Å². The normalized spacial score (nSPS) is 12.9. The molecule has 0 radical (unpaired) electrons. The standard InChI is InChI=1S/C11H18N2OS/c1-7(2)10(12)11(14)13-4-9-6-15-5-8(9)3/h5-7,10H,4,12H2,1-3H3,(H,13,14)/t10-/m1/s1. The zero-order valence-corrected chi connectivity index (χ0v) is 10.2. The second kappa shape index (κ2) is 5.28. The summed E-state index contributed by atoms with van der Waals surface area (Å²) in [5.74, 6) is 0.101. The number of carbonyl (C=O) groups excluding carboxylic acids is 1. The van der Waals surface area contributed by atoms with Crippen LogP contribution in [0.3, 0.4) is 0 Å². The molecule has 0 bridgehead atoms. The fourth-order valence-electron chi connectivity index (χ4n) is 1.17. The molecule has 4 heteroatoms. The molecule has 3 N–H and O–H groups in total. The summed E-state index contributed by atoms with van der Waals surface area (Å²) in [7, 11) is 0. The molecule has 0 aliphatic heterocycles. The van der Waals surface area contributed by atoms with E-state index in [2.05, 4.69) is 16.1 Å². The molecule has 84 valence electrons. The maximum absolute atomic E-state index is 11.6. The monoisotopic (exact) mass is 226 g/mol. The molecule has 1 rings (SSSR count). The minimum Gasteiger partial charge on any atom is -0.351 e. The van der Waals surface area contributed by atoms with Gasteiger partial charge in [0.2, 0.25) is 5.91 Å². The van der Waals surface area contributed by atoms with Crippen molar-refractivity contribution in [1.82, 2.24) is 5.32 Å². The first kappa shape index (κ1) is 12.2. The van der Waals surface area contributed by atoms with Crippen LogP contribution in [0.5, 0.6) is 0 Å². The summed E-state index contributed by atoms with van der Waals surface area (Å²) in [4.78, 5) is 11.6. The van der Waals surface area contributed by atoms with Crippen molar-refractivity contribution in [1.29, 1.82) is 0 Å². The zero-order chi connectivity index (χ0) is 11.4. The first-order chi connectivity index (χ1) is 7.02. The van der Waals surface area contributed by atoms with Gasteiger partial charge in [-0.2, -0.15) is 11.3 Å². The van der Waals surface area contributed by atoms with Crippen molar-refractivity contribution in [3.8, 4) is 0 Å². The third-order valence-corrected chi connectivity index (χ3v) is 3.35. The summed E-state index contributed by atoms with van der Waals surface area (Å²) in [6.07, 6.45) is 0. The molecular formula is C11H18N2OS. The number of thiophene rings is 1. The van der Waals surface area contributed by atoms with E-state index in [1.54, 1.807) is 11.3 Å². The van der Waals surface area contributed by atoms with Gasteiger partial charge in [-0.15, -0.1) is 0 Å². The lowest BCUT2D eigenvalue weighted by atomic mass is 10.0. The Morgan fingerprint density at radius 1 is 1.53 bits per heavy atom. The van der Waals surface area contributed by atoms with Gasteiger partial charge in [0.1, 0.15) is 0 Å². The fourth-order valence-corrected chi connectivity index (χ4v) is 2.03. The molecule has 0 fully saturated rings. The summed E-state index contributed by atoms with van der Waals surface area (Å²) in [5, 5.41) is 6.98. The van der Waals surface area contributed by atoms with Gasteiger partial charge in [0.15, 0.2) is 0 Å². The molecule has 0 aliphatic rings. The summed E-state index contributed by atoms with van der Waals surface area (Å²) >= 11 is 1.65. The molecule has 1 aromatic heterocycles. The molecule has 3 nitrogen and oxygen atoms in total. The van der Waals surface area contributed by atoms with Crippen LogP contribution in [0.25, 0.3) is 0 Å². The van der Waals surface area contributed by atoms with E-state index in [1.807, 2.05) is 20.8 Å². The second-order valence-electron chi connectivity index (χ2n) is 4.07. The fraction of sp³-hybridized carbons (Fsp3) is 0.545. The van der Waals surface area contributed by atoms with E-state index in [4.69, 9.17) is 5.73 Å². The maximum atomic E-state index is 11.6. The van der Waals surface area contributed by atoms with Crippen LogP contribution in [0.1, 0.15) is 25.0 Å². The highest BCUT2D eigenvalue weighted by atomic mass is 32.1. The van der Waals surface area contributed by atoms with E-state index >= 15 is 0 Å². The maximum Gasteiger partial charge on any atom is 0.237 e. The van der Waals surface area contributed by atoms with Crippen LogP contribution in [-0.2, 0) is 11.3 Å². The molecule has 0 aromatic carbocycles. The molecular weight excluding hydrogens is 208 g/mol. The van der Waals surface area contributed by atoms with Crippen molar-refractivity contribution >= 4 is 17.2 Å². The quantitative estimate of drug-likeness (QED) is 0.820. The molecule has 0 unspecified atom stereocenters. The minimum absolute atomic E-state index is 0.0735. The van der Waals surface area contributed by atoms with Crippen molar-refractivity contribution < 1.29 is 4.79 Å². The Labute approximate surface area is 94.7 Å². The third kappa shape index (κ3) is 3.32. The second-order valence-corrected chi connectivity index (χ2v) is 4.81. The van der Waals surface area contributed by atoms with Gasteiger partial charge < -0.3 is 11.1 Å². The molecule has 0 saturated carbocycles. The van der Waals surface area contributed by atoms with E-state index < -0.39 is 6.04 Å². The lowest BCUT2D eigenvalue weighted by Crippen LogP contribution is -2.43. The lowest BCUT2D eigenvalue weighted by molar-refractivity contribution is -0.123. The van der Waals surface area contributed by atoms with Crippen molar-refractivity contribution in [3.63, 3.8) is 0 Å². The number of nitrogens with two attached hydrogens (primary N) is 1. The average molecular weight is 226 g/mol. The molecule has 0 spiro atoms. The van der Waals surface area contributed by atoms with Gasteiger partial charge in [-0.1, -0.05) is 13.8 Å². The number of nitrogens with one attached hydrogen (secondary N) is 1. The smallest absolute Gasteiger partial charge is 0.237 e. The van der Waals surface area contributed by atoms with Gasteiger partial charge in [0, 0.05) is 6.54 Å². The Bertz CT molecular complexity index is 333. The Hall–Kier alpha value is -0.870. The van der Waals surface area contributed by atoms with E-state index in [9.17, 15) is 4.79 Å². The van der Waals surface area contributed by atoms with Crippen LogP contribution in [0.4, 0.5) is 0 Å². The number of amides is 1. The number of hydrogen-bond acceptors (Lipinski definition) is 3. The molecule has 0 saturated heterocycles. The molecule has 15 heavy (non-hydrogen) atoms. The van der Waals surface area contributed by atoms with E-state index in [1.165, 1.54) is 11.1 Å². The highest BCUT2D eigenvalue weighted by Crippen LogP contribution is 2.13. The molecule has 1 aromatic rings. The van der Waals surface area contributed by atoms with Gasteiger partial charge in [0.05, 0.1) is 6.04 Å². The Morgan fingerprint density at radius 2 is 2.20 bits per heavy atom. The van der Waals surface area contributed by atoms with Gasteiger partial charge >= 0.3 is 0 Å². The largest absolute Gasteiger partial charge is 0.351 e. The number of rotatable bonds is 4. The Morgan fingerprint density at radius 3 is 2.67 bits per heavy atom. The highest BCUT2D eigenvalue weighted by molar-refractivity contribution is 7.08. The number of hydrogen-bond donors (Lipinski definition) is 2. The van der Waals surface area contributed by atoms with Crippen LogP contribution in [-0.4, -0.2) is 11.9 Å². The predicted molar refractivity (Wildman–Crippen MR) is 63.7 cm³/mol. The van der Waals surface area contributed by atoms with Gasteiger partial charge in [-0.25, -0.2) is 0 Å². The zero-order valence-electron chi connectivity index (χ0n) is 9.41. The van der Waals surface area contributed by atoms with Crippen LogP contribution in [0.2, 0.25) is 0 Å². The van der Waals surface area contributed by atoms with Crippen molar-refractivity contribution in [2.75, 3.05) is 0 Å². The summed E-state index contributed by atoms with van der Waals surface area (Å²) in [6.45, 7) is 6.51. The van der Waals surface area contributed by atoms with Crippen molar-refractivity contribution in [2.24, 2.45) is 11.7 Å².